The zero-order valence-corrected chi connectivity index (χ0v) is 9.80. The van der Waals surface area contributed by atoms with Gasteiger partial charge in [0.15, 0.2) is 0 Å². The molecule has 0 spiro atoms. The highest BCUT2D eigenvalue weighted by molar-refractivity contribution is 5.75. The number of carbonyl (C=O) groups is 1. The van der Waals surface area contributed by atoms with Crippen LogP contribution in [0.5, 0.6) is 5.75 Å². The summed E-state index contributed by atoms with van der Waals surface area (Å²) >= 11 is 0. The van der Waals surface area contributed by atoms with Gasteiger partial charge in [-0.25, -0.2) is 0 Å². The Kier molecular flexibility index (Phi) is 4.53. The van der Waals surface area contributed by atoms with Crippen LogP contribution in [0.1, 0.15) is 10.4 Å². The van der Waals surface area contributed by atoms with Gasteiger partial charge < -0.3 is 9.47 Å². The van der Waals surface area contributed by atoms with Crippen molar-refractivity contribution in [3.63, 3.8) is 0 Å². The quantitative estimate of drug-likeness (QED) is 0.719. The van der Waals surface area contributed by atoms with Crippen LogP contribution in [0.2, 0.25) is 0 Å². The molecule has 0 atom stereocenters. The van der Waals surface area contributed by atoms with Crippen LogP contribution in [-0.2, 0) is 4.74 Å². The molecule has 4 heteroatoms. The van der Waals surface area contributed by atoms with Crippen molar-refractivity contribution in [2.24, 2.45) is 0 Å². The van der Waals surface area contributed by atoms with Crippen molar-refractivity contribution in [3.8, 4) is 5.75 Å². The van der Waals surface area contributed by atoms with Gasteiger partial charge in [-0.2, -0.15) is 0 Å². The van der Waals surface area contributed by atoms with E-state index in [0.29, 0.717) is 12.2 Å². The number of carbonyl (C=O) groups excluding carboxylic acids is 1. The fourth-order valence-corrected chi connectivity index (χ4v) is 1.80. The Morgan fingerprint density at radius 3 is 2.94 bits per heavy atom. The standard InChI is InChI=1S/C13H17NO3/c15-11-12-2-1-3-13(10-12)17-9-6-14-4-7-16-8-5-14/h1-3,10-11H,4-9H2. The van der Waals surface area contributed by atoms with E-state index >= 15 is 0 Å². The normalized spacial score (nSPS) is 16.7. The van der Waals surface area contributed by atoms with Crippen molar-refractivity contribution in [1.29, 1.82) is 0 Å². The molecule has 17 heavy (non-hydrogen) atoms. The number of benzene rings is 1. The van der Waals surface area contributed by atoms with Crippen LogP contribution in [0.15, 0.2) is 24.3 Å². The molecule has 0 bridgehead atoms. The molecule has 92 valence electrons. The number of hydrogen-bond acceptors (Lipinski definition) is 4. The predicted molar refractivity (Wildman–Crippen MR) is 64.6 cm³/mol. The van der Waals surface area contributed by atoms with Crippen molar-refractivity contribution < 1.29 is 14.3 Å². The van der Waals surface area contributed by atoms with E-state index < -0.39 is 0 Å². The number of ether oxygens (including phenoxy) is 2. The van der Waals surface area contributed by atoms with Gasteiger partial charge in [0.25, 0.3) is 0 Å². The number of morpholine rings is 1. The van der Waals surface area contributed by atoms with Gasteiger partial charge in [0, 0.05) is 25.2 Å². The Bertz CT molecular complexity index is 361. The molecule has 1 aliphatic rings. The first kappa shape index (κ1) is 12.1. The Balaban J connectivity index is 1.75. The summed E-state index contributed by atoms with van der Waals surface area (Å²) in [6.07, 6.45) is 0.828. The van der Waals surface area contributed by atoms with E-state index in [0.717, 1.165) is 44.9 Å². The summed E-state index contributed by atoms with van der Waals surface area (Å²) in [4.78, 5) is 12.9. The third-order valence-corrected chi connectivity index (χ3v) is 2.77. The molecule has 1 fully saturated rings. The van der Waals surface area contributed by atoms with Gasteiger partial charge in [0.05, 0.1) is 13.2 Å². The van der Waals surface area contributed by atoms with Crippen molar-refractivity contribution >= 4 is 6.29 Å². The summed E-state index contributed by atoms with van der Waals surface area (Å²) in [5.41, 5.74) is 0.647. The third-order valence-electron chi connectivity index (χ3n) is 2.77. The topological polar surface area (TPSA) is 38.8 Å². The molecule has 0 aromatic heterocycles. The maximum atomic E-state index is 10.6. The molecule has 0 radical (unpaired) electrons. The smallest absolute Gasteiger partial charge is 0.150 e. The second kappa shape index (κ2) is 6.37. The molecule has 1 aromatic rings. The Labute approximate surface area is 101 Å². The predicted octanol–water partition coefficient (Wildman–Crippen LogP) is 1.21. The Hall–Kier alpha value is -1.39. The summed E-state index contributed by atoms with van der Waals surface area (Å²) in [5, 5.41) is 0. The minimum atomic E-state index is 0.641. The average Bonchev–Trinajstić information content (AvgIpc) is 2.40. The molecule has 0 N–H and O–H groups in total. The van der Waals surface area contributed by atoms with E-state index in [4.69, 9.17) is 9.47 Å². The van der Waals surface area contributed by atoms with Gasteiger partial charge in [-0.15, -0.1) is 0 Å². The average molecular weight is 235 g/mol. The summed E-state index contributed by atoms with van der Waals surface area (Å²) < 4.78 is 10.9. The third kappa shape index (κ3) is 3.84. The highest BCUT2D eigenvalue weighted by Crippen LogP contribution is 2.11. The fraction of sp³-hybridized carbons (Fsp3) is 0.462. The monoisotopic (exact) mass is 235 g/mol. The van der Waals surface area contributed by atoms with Crippen LogP contribution >= 0.6 is 0 Å². The summed E-state index contributed by atoms with van der Waals surface area (Å²) in [6.45, 7) is 5.09. The molecule has 2 rings (SSSR count). The van der Waals surface area contributed by atoms with E-state index in [1.165, 1.54) is 0 Å². The number of rotatable bonds is 5. The summed E-state index contributed by atoms with van der Waals surface area (Å²) in [6, 6.07) is 7.22. The lowest BCUT2D eigenvalue weighted by Gasteiger charge is -2.26. The fourth-order valence-electron chi connectivity index (χ4n) is 1.80. The number of aldehydes is 1. The van der Waals surface area contributed by atoms with Gasteiger partial charge in [-0.3, -0.25) is 9.69 Å². The van der Waals surface area contributed by atoms with E-state index in [2.05, 4.69) is 4.90 Å². The zero-order chi connectivity index (χ0) is 11.9. The second-order valence-corrected chi connectivity index (χ2v) is 3.99. The van der Waals surface area contributed by atoms with E-state index in [1.54, 1.807) is 12.1 Å². The van der Waals surface area contributed by atoms with Gasteiger partial charge in [0.1, 0.15) is 18.6 Å². The molecule has 0 unspecified atom stereocenters. The van der Waals surface area contributed by atoms with E-state index in [1.807, 2.05) is 12.1 Å². The molecule has 1 saturated heterocycles. The highest BCUT2D eigenvalue weighted by atomic mass is 16.5. The highest BCUT2D eigenvalue weighted by Gasteiger charge is 2.09. The van der Waals surface area contributed by atoms with Crippen LogP contribution in [0, 0.1) is 0 Å². The first-order valence-corrected chi connectivity index (χ1v) is 5.86. The van der Waals surface area contributed by atoms with Gasteiger partial charge in [-0.1, -0.05) is 12.1 Å². The van der Waals surface area contributed by atoms with Crippen LogP contribution in [-0.4, -0.2) is 50.6 Å². The maximum absolute atomic E-state index is 10.6. The minimum Gasteiger partial charge on any atom is -0.492 e. The number of nitrogens with zero attached hydrogens (tertiary/aromatic N) is 1. The van der Waals surface area contributed by atoms with E-state index in [-0.39, 0.29) is 0 Å². The Morgan fingerprint density at radius 2 is 2.18 bits per heavy atom. The van der Waals surface area contributed by atoms with Crippen molar-refractivity contribution in [3.05, 3.63) is 29.8 Å². The van der Waals surface area contributed by atoms with Crippen molar-refractivity contribution in [1.82, 2.24) is 4.90 Å². The molecular weight excluding hydrogens is 218 g/mol. The summed E-state index contributed by atoms with van der Waals surface area (Å²) in [7, 11) is 0. The van der Waals surface area contributed by atoms with Crippen LogP contribution in [0.3, 0.4) is 0 Å². The molecule has 1 aliphatic heterocycles. The number of hydrogen-bond donors (Lipinski definition) is 0. The molecule has 1 aromatic carbocycles. The first-order valence-electron chi connectivity index (χ1n) is 5.86. The van der Waals surface area contributed by atoms with E-state index in [9.17, 15) is 4.79 Å². The van der Waals surface area contributed by atoms with Crippen LogP contribution < -0.4 is 4.74 Å². The lowest BCUT2D eigenvalue weighted by atomic mass is 10.2. The molecule has 4 nitrogen and oxygen atoms in total. The molecular formula is C13H17NO3. The van der Waals surface area contributed by atoms with Crippen molar-refractivity contribution in [2.45, 2.75) is 0 Å². The van der Waals surface area contributed by atoms with Crippen LogP contribution in [0.4, 0.5) is 0 Å². The zero-order valence-electron chi connectivity index (χ0n) is 9.80. The maximum Gasteiger partial charge on any atom is 0.150 e. The largest absolute Gasteiger partial charge is 0.492 e. The summed E-state index contributed by atoms with van der Waals surface area (Å²) in [5.74, 6) is 0.753. The van der Waals surface area contributed by atoms with Gasteiger partial charge >= 0.3 is 0 Å². The second-order valence-electron chi connectivity index (χ2n) is 3.99. The SMILES string of the molecule is O=Cc1cccc(OCCN2CCOCC2)c1. The first-order chi connectivity index (χ1) is 8.38. The Morgan fingerprint density at radius 1 is 1.35 bits per heavy atom. The lowest BCUT2D eigenvalue weighted by molar-refractivity contribution is 0.0322. The van der Waals surface area contributed by atoms with Crippen LogP contribution in [0.25, 0.3) is 0 Å². The van der Waals surface area contributed by atoms with Crippen molar-refractivity contribution in [2.75, 3.05) is 39.5 Å². The molecule has 1 heterocycles. The molecule has 0 aliphatic carbocycles. The minimum absolute atomic E-state index is 0.641. The molecule has 0 amide bonds. The van der Waals surface area contributed by atoms with Gasteiger partial charge in [-0.05, 0) is 12.1 Å². The lowest BCUT2D eigenvalue weighted by Crippen LogP contribution is -2.38. The molecule has 0 saturated carbocycles. The van der Waals surface area contributed by atoms with Gasteiger partial charge in [0.2, 0.25) is 0 Å².